The van der Waals surface area contributed by atoms with Crippen molar-refractivity contribution in [3.8, 4) is 0 Å². The number of benzene rings is 1. The summed E-state index contributed by atoms with van der Waals surface area (Å²) in [5.41, 5.74) is 0.560. The lowest BCUT2D eigenvalue weighted by molar-refractivity contribution is 0.0833. The van der Waals surface area contributed by atoms with Crippen LogP contribution in [0, 0.1) is 5.82 Å². The van der Waals surface area contributed by atoms with Gasteiger partial charge in [0.15, 0.2) is 0 Å². The van der Waals surface area contributed by atoms with Crippen LogP contribution in [0.5, 0.6) is 0 Å². The molecule has 110 valence electrons. The number of hydrogen-bond donors (Lipinski definition) is 3. The van der Waals surface area contributed by atoms with E-state index in [0.29, 0.717) is 12.2 Å². The number of likely N-dealkylation sites (tertiary alicyclic amines) is 1. The summed E-state index contributed by atoms with van der Waals surface area (Å²) in [6, 6.07) is 5.33. The molecule has 1 aliphatic rings. The molecule has 1 aromatic rings. The highest BCUT2D eigenvalue weighted by molar-refractivity contribution is 5.89. The monoisotopic (exact) mass is 281 g/mol. The van der Waals surface area contributed by atoms with Crippen molar-refractivity contribution in [2.24, 2.45) is 0 Å². The molecule has 1 aliphatic heterocycles. The van der Waals surface area contributed by atoms with E-state index in [1.54, 1.807) is 0 Å². The molecule has 0 aliphatic carbocycles. The first-order valence-electron chi connectivity index (χ1n) is 6.84. The number of amides is 2. The van der Waals surface area contributed by atoms with Gasteiger partial charge in [-0.3, -0.25) is 0 Å². The SMILES string of the molecule is O=C(NCCN1CCC(O)CC1)Nc1ccc(F)cc1. The Hall–Kier alpha value is -1.66. The molecule has 20 heavy (non-hydrogen) atoms. The first-order valence-corrected chi connectivity index (χ1v) is 6.84. The van der Waals surface area contributed by atoms with Gasteiger partial charge < -0.3 is 20.6 Å². The van der Waals surface area contributed by atoms with Gasteiger partial charge in [0.05, 0.1) is 6.10 Å². The van der Waals surface area contributed by atoms with E-state index < -0.39 is 0 Å². The standard InChI is InChI=1S/C14H20FN3O2/c15-11-1-3-12(4-2-11)17-14(20)16-7-10-18-8-5-13(19)6-9-18/h1-4,13,19H,5-10H2,(H2,16,17,20). The van der Waals surface area contributed by atoms with E-state index in [1.807, 2.05) is 0 Å². The first-order chi connectivity index (χ1) is 9.63. The Labute approximate surface area is 117 Å². The van der Waals surface area contributed by atoms with Gasteiger partial charge in [-0.15, -0.1) is 0 Å². The lowest BCUT2D eigenvalue weighted by atomic mass is 10.1. The molecule has 0 radical (unpaired) electrons. The molecule has 1 saturated heterocycles. The molecule has 0 saturated carbocycles. The number of rotatable bonds is 4. The summed E-state index contributed by atoms with van der Waals surface area (Å²) in [6.45, 7) is 3.04. The van der Waals surface area contributed by atoms with E-state index in [0.717, 1.165) is 32.5 Å². The van der Waals surface area contributed by atoms with Gasteiger partial charge in [0.25, 0.3) is 0 Å². The number of carbonyl (C=O) groups excluding carboxylic acids is 1. The predicted octanol–water partition coefficient (Wildman–Crippen LogP) is 1.40. The van der Waals surface area contributed by atoms with Crippen LogP contribution >= 0.6 is 0 Å². The van der Waals surface area contributed by atoms with Crippen molar-refractivity contribution in [3.05, 3.63) is 30.1 Å². The Morgan fingerprint density at radius 1 is 1.30 bits per heavy atom. The van der Waals surface area contributed by atoms with Gasteiger partial charge in [-0.1, -0.05) is 0 Å². The molecular weight excluding hydrogens is 261 g/mol. The average Bonchev–Trinajstić information content (AvgIpc) is 2.44. The van der Waals surface area contributed by atoms with Gasteiger partial charge in [0.2, 0.25) is 0 Å². The molecule has 0 unspecified atom stereocenters. The quantitative estimate of drug-likeness (QED) is 0.781. The maximum atomic E-state index is 12.7. The van der Waals surface area contributed by atoms with Crippen LogP contribution in [0.2, 0.25) is 0 Å². The number of aliphatic hydroxyl groups excluding tert-OH is 1. The van der Waals surface area contributed by atoms with Crippen LogP contribution in [-0.4, -0.2) is 48.3 Å². The summed E-state index contributed by atoms with van der Waals surface area (Å²) in [7, 11) is 0. The van der Waals surface area contributed by atoms with Gasteiger partial charge in [-0.05, 0) is 37.1 Å². The number of hydrogen-bond acceptors (Lipinski definition) is 3. The van der Waals surface area contributed by atoms with E-state index in [2.05, 4.69) is 15.5 Å². The van der Waals surface area contributed by atoms with Gasteiger partial charge >= 0.3 is 6.03 Å². The highest BCUT2D eigenvalue weighted by Gasteiger charge is 2.16. The summed E-state index contributed by atoms with van der Waals surface area (Å²) in [5, 5.41) is 14.8. The number of aliphatic hydroxyl groups is 1. The molecule has 0 bridgehead atoms. The topological polar surface area (TPSA) is 64.6 Å². The van der Waals surface area contributed by atoms with E-state index in [4.69, 9.17) is 0 Å². The zero-order valence-electron chi connectivity index (χ0n) is 11.3. The lowest BCUT2D eigenvalue weighted by Gasteiger charge is -2.29. The highest BCUT2D eigenvalue weighted by atomic mass is 19.1. The minimum Gasteiger partial charge on any atom is -0.393 e. The van der Waals surface area contributed by atoms with Crippen molar-refractivity contribution in [1.82, 2.24) is 10.2 Å². The van der Waals surface area contributed by atoms with Crippen molar-refractivity contribution in [3.63, 3.8) is 0 Å². The van der Waals surface area contributed by atoms with Gasteiger partial charge in [-0.2, -0.15) is 0 Å². The average molecular weight is 281 g/mol. The number of anilines is 1. The van der Waals surface area contributed by atoms with Crippen LogP contribution in [-0.2, 0) is 0 Å². The van der Waals surface area contributed by atoms with Gasteiger partial charge in [0, 0.05) is 31.9 Å². The van der Waals surface area contributed by atoms with E-state index >= 15 is 0 Å². The Balaban J connectivity index is 1.64. The molecule has 6 heteroatoms. The van der Waals surface area contributed by atoms with Crippen molar-refractivity contribution in [2.45, 2.75) is 18.9 Å². The molecule has 0 spiro atoms. The molecule has 5 nitrogen and oxygen atoms in total. The second kappa shape index (κ2) is 7.21. The highest BCUT2D eigenvalue weighted by Crippen LogP contribution is 2.09. The van der Waals surface area contributed by atoms with Gasteiger partial charge in [-0.25, -0.2) is 9.18 Å². The molecule has 0 atom stereocenters. The molecule has 3 N–H and O–H groups in total. The smallest absolute Gasteiger partial charge is 0.319 e. The fraction of sp³-hybridized carbons (Fsp3) is 0.500. The van der Waals surface area contributed by atoms with Crippen LogP contribution in [0.3, 0.4) is 0 Å². The normalized spacial score (nSPS) is 16.9. The molecule has 2 rings (SSSR count). The largest absolute Gasteiger partial charge is 0.393 e. The zero-order chi connectivity index (χ0) is 14.4. The number of halogens is 1. The third-order valence-corrected chi connectivity index (χ3v) is 3.37. The maximum absolute atomic E-state index is 12.7. The van der Waals surface area contributed by atoms with Gasteiger partial charge in [0.1, 0.15) is 5.82 Å². The summed E-state index contributed by atoms with van der Waals surface area (Å²) >= 11 is 0. The minimum atomic E-state index is -0.330. The van der Waals surface area contributed by atoms with Crippen LogP contribution < -0.4 is 10.6 Å². The summed E-state index contributed by atoms with van der Waals surface area (Å²) in [5.74, 6) is -0.330. The number of urea groups is 1. The minimum absolute atomic E-state index is 0.180. The van der Waals surface area contributed by atoms with Crippen molar-refractivity contribution < 1.29 is 14.3 Å². The molecular formula is C14H20FN3O2. The Kier molecular flexibility index (Phi) is 5.31. The van der Waals surface area contributed by atoms with Crippen molar-refractivity contribution in [2.75, 3.05) is 31.5 Å². The molecule has 1 heterocycles. The third kappa shape index (κ3) is 4.79. The molecule has 1 fully saturated rings. The number of nitrogens with zero attached hydrogens (tertiary/aromatic N) is 1. The first kappa shape index (κ1) is 14.7. The number of carbonyl (C=O) groups is 1. The second-order valence-electron chi connectivity index (χ2n) is 4.96. The molecule has 0 aromatic heterocycles. The van der Waals surface area contributed by atoms with Crippen LogP contribution in [0.4, 0.5) is 14.9 Å². The summed E-state index contributed by atoms with van der Waals surface area (Å²) < 4.78 is 12.7. The number of nitrogens with one attached hydrogen (secondary N) is 2. The van der Waals surface area contributed by atoms with E-state index in [1.165, 1.54) is 24.3 Å². The molecule has 2 amide bonds. The van der Waals surface area contributed by atoms with E-state index in [-0.39, 0.29) is 18.0 Å². The number of piperidine rings is 1. The third-order valence-electron chi connectivity index (χ3n) is 3.37. The van der Waals surface area contributed by atoms with Crippen LogP contribution in [0.15, 0.2) is 24.3 Å². The second-order valence-corrected chi connectivity index (χ2v) is 4.96. The molecule has 1 aromatic carbocycles. The van der Waals surface area contributed by atoms with E-state index in [9.17, 15) is 14.3 Å². The summed E-state index contributed by atoms with van der Waals surface area (Å²) in [6.07, 6.45) is 1.41. The lowest BCUT2D eigenvalue weighted by Crippen LogP contribution is -2.41. The zero-order valence-corrected chi connectivity index (χ0v) is 11.3. The summed E-state index contributed by atoms with van der Waals surface area (Å²) in [4.78, 5) is 13.8. The Bertz CT molecular complexity index is 431. The Morgan fingerprint density at radius 2 is 1.95 bits per heavy atom. The van der Waals surface area contributed by atoms with Crippen molar-refractivity contribution in [1.29, 1.82) is 0 Å². The Morgan fingerprint density at radius 3 is 2.60 bits per heavy atom. The van der Waals surface area contributed by atoms with Crippen LogP contribution in [0.1, 0.15) is 12.8 Å². The predicted molar refractivity (Wildman–Crippen MR) is 75.1 cm³/mol. The van der Waals surface area contributed by atoms with Crippen LogP contribution in [0.25, 0.3) is 0 Å². The maximum Gasteiger partial charge on any atom is 0.319 e. The van der Waals surface area contributed by atoms with Crippen molar-refractivity contribution >= 4 is 11.7 Å². The fourth-order valence-electron chi connectivity index (χ4n) is 2.18. The fourth-order valence-corrected chi connectivity index (χ4v) is 2.18.